The molecule has 0 fully saturated rings. The summed E-state index contributed by atoms with van der Waals surface area (Å²) in [5, 5.41) is 23.7. The Bertz CT molecular complexity index is 1090. The number of nitrogens with one attached hydrogen (secondary N) is 1. The summed E-state index contributed by atoms with van der Waals surface area (Å²) >= 11 is 1.49. The molecule has 2 heterocycles. The topological polar surface area (TPSA) is 94.7 Å². The highest BCUT2D eigenvalue weighted by atomic mass is 32.1. The van der Waals surface area contributed by atoms with E-state index >= 15 is 0 Å². The number of nitrogens with zero attached hydrogens (tertiary/aromatic N) is 4. The molecule has 4 aromatic rings. The first-order valence-corrected chi connectivity index (χ1v) is 9.61. The Kier molecular flexibility index (Phi) is 5.24. The fraction of sp³-hybridized carbons (Fsp3) is 0.143. The van der Waals surface area contributed by atoms with Crippen LogP contribution in [0.1, 0.15) is 28.3 Å². The molecule has 0 spiro atoms. The lowest BCUT2D eigenvalue weighted by Crippen LogP contribution is -2.14. The standard InChI is InChI=1S/C21H17N5OS/c22-12-15(20-25-17-8-4-5-9-19(17)28-20)16-10-11-23-21(26-16)24-13-18(27)14-6-2-1-3-7-14/h1-11,15,18,27H,13H2,(H,23,24,26). The van der Waals surface area contributed by atoms with Gasteiger partial charge in [-0.05, 0) is 23.8 Å². The second-order valence-electron chi connectivity index (χ2n) is 6.19. The van der Waals surface area contributed by atoms with Crippen LogP contribution in [0.5, 0.6) is 0 Å². The molecular weight excluding hydrogens is 370 g/mol. The van der Waals surface area contributed by atoms with Gasteiger partial charge in [0.1, 0.15) is 10.9 Å². The molecule has 2 aromatic carbocycles. The van der Waals surface area contributed by atoms with Crippen molar-refractivity contribution >= 4 is 27.5 Å². The number of anilines is 1. The molecule has 138 valence electrons. The van der Waals surface area contributed by atoms with Crippen molar-refractivity contribution in [2.45, 2.75) is 12.0 Å². The van der Waals surface area contributed by atoms with Crippen LogP contribution in [-0.2, 0) is 0 Å². The molecule has 28 heavy (non-hydrogen) atoms. The van der Waals surface area contributed by atoms with Crippen LogP contribution in [0.25, 0.3) is 10.2 Å². The van der Waals surface area contributed by atoms with E-state index in [0.29, 0.717) is 16.6 Å². The van der Waals surface area contributed by atoms with Crippen LogP contribution < -0.4 is 5.32 Å². The lowest BCUT2D eigenvalue weighted by atomic mass is 10.1. The van der Waals surface area contributed by atoms with Gasteiger partial charge in [-0.25, -0.2) is 15.0 Å². The van der Waals surface area contributed by atoms with E-state index in [0.717, 1.165) is 15.8 Å². The molecule has 0 aliphatic rings. The predicted molar refractivity (Wildman–Crippen MR) is 109 cm³/mol. The van der Waals surface area contributed by atoms with E-state index in [1.54, 1.807) is 12.3 Å². The van der Waals surface area contributed by atoms with Crippen molar-refractivity contribution in [3.63, 3.8) is 0 Å². The number of hydrogen-bond acceptors (Lipinski definition) is 7. The lowest BCUT2D eigenvalue weighted by Gasteiger charge is -2.13. The molecule has 0 aliphatic heterocycles. The normalized spacial score (nSPS) is 13.0. The number of fused-ring (bicyclic) bond motifs is 1. The van der Waals surface area contributed by atoms with Crippen LogP contribution in [0.3, 0.4) is 0 Å². The van der Waals surface area contributed by atoms with Crippen LogP contribution in [0, 0.1) is 11.3 Å². The highest BCUT2D eigenvalue weighted by Crippen LogP contribution is 2.30. The Hall–Kier alpha value is -3.34. The summed E-state index contributed by atoms with van der Waals surface area (Å²) in [5.41, 5.74) is 2.27. The number of benzene rings is 2. The number of aliphatic hydroxyl groups excluding tert-OH is 1. The Morgan fingerprint density at radius 2 is 1.82 bits per heavy atom. The van der Waals surface area contributed by atoms with Gasteiger partial charge in [-0.1, -0.05) is 42.5 Å². The van der Waals surface area contributed by atoms with Crippen molar-refractivity contribution in [1.29, 1.82) is 5.26 Å². The zero-order chi connectivity index (χ0) is 19.3. The molecule has 0 radical (unpaired) electrons. The van der Waals surface area contributed by atoms with E-state index in [2.05, 4.69) is 26.3 Å². The van der Waals surface area contributed by atoms with Gasteiger partial charge in [0.15, 0.2) is 0 Å². The van der Waals surface area contributed by atoms with Crippen molar-refractivity contribution in [2.24, 2.45) is 0 Å². The molecule has 4 rings (SSSR count). The van der Waals surface area contributed by atoms with Gasteiger partial charge in [-0.2, -0.15) is 5.26 Å². The molecule has 2 aromatic heterocycles. The molecule has 0 saturated carbocycles. The first-order chi connectivity index (χ1) is 13.7. The van der Waals surface area contributed by atoms with Gasteiger partial charge in [-0.3, -0.25) is 0 Å². The Balaban J connectivity index is 1.53. The SMILES string of the molecule is N#CC(c1ccnc(NCC(O)c2ccccc2)n1)c1nc2ccccc2s1. The number of thiazole rings is 1. The summed E-state index contributed by atoms with van der Waals surface area (Å²) < 4.78 is 1.04. The van der Waals surface area contributed by atoms with Crippen molar-refractivity contribution < 1.29 is 5.11 Å². The quantitative estimate of drug-likeness (QED) is 0.521. The summed E-state index contributed by atoms with van der Waals surface area (Å²) in [4.78, 5) is 13.2. The predicted octanol–water partition coefficient (Wildman–Crippen LogP) is 3.89. The van der Waals surface area contributed by atoms with Crippen LogP contribution in [0.2, 0.25) is 0 Å². The molecule has 0 saturated heterocycles. The van der Waals surface area contributed by atoms with E-state index in [1.165, 1.54) is 11.3 Å². The third-order valence-corrected chi connectivity index (χ3v) is 5.40. The maximum absolute atomic E-state index is 10.3. The molecule has 7 heteroatoms. The molecule has 2 unspecified atom stereocenters. The number of aromatic nitrogens is 3. The molecule has 2 atom stereocenters. The second-order valence-corrected chi connectivity index (χ2v) is 7.26. The Morgan fingerprint density at radius 3 is 2.61 bits per heavy atom. The minimum absolute atomic E-state index is 0.270. The lowest BCUT2D eigenvalue weighted by molar-refractivity contribution is 0.191. The van der Waals surface area contributed by atoms with Crippen LogP contribution >= 0.6 is 11.3 Å². The first kappa shape index (κ1) is 18.0. The molecule has 0 bridgehead atoms. The highest BCUT2D eigenvalue weighted by molar-refractivity contribution is 7.18. The van der Waals surface area contributed by atoms with Gasteiger partial charge in [0, 0.05) is 12.7 Å². The Morgan fingerprint density at radius 1 is 1.04 bits per heavy atom. The largest absolute Gasteiger partial charge is 0.387 e. The van der Waals surface area contributed by atoms with Gasteiger partial charge in [0.05, 0.1) is 28.1 Å². The van der Waals surface area contributed by atoms with Crippen molar-refractivity contribution in [2.75, 3.05) is 11.9 Å². The fourth-order valence-corrected chi connectivity index (χ4v) is 3.89. The number of nitriles is 1. The van der Waals surface area contributed by atoms with E-state index in [1.807, 2.05) is 54.6 Å². The second kappa shape index (κ2) is 8.13. The average Bonchev–Trinajstić information content (AvgIpc) is 3.17. The van der Waals surface area contributed by atoms with E-state index in [9.17, 15) is 10.4 Å². The average molecular weight is 387 g/mol. The van der Waals surface area contributed by atoms with E-state index in [-0.39, 0.29) is 6.54 Å². The third-order valence-electron chi connectivity index (χ3n) is 4.30. The van der Waals surface area contributed by atoms with Crippen LogP contribution in [0.15, 0.2) is 66.9 Å². The van der Waals surface area contributed by atoms with Crippen LogP contribution in [-0.4, -0.2) is 26.6 Å². The molecule has 2 N–H and O–H groups in total. The monoisotopic (exact) mass is 387 g/mol. The van der Waals surface area contributed by atoms with Crippen molar-refractivity contribution in [3.05, 3.63) is 83.1 Å². The minimum atomic E-state index is -0.676. The van der Waals surface area contributed by atoms with Gasteiger partial charge < -0.3 is 10.4 Å². The molecular formula is C21H17N5OS. The van der Waals surface area contributed by atoms with Gasteiger partial charge >= 0.3 is 0 Å². The third kappa shape index (κ3) is 3.83. The minimum Gasteiger partial charge on any atom is -0.387 e. The van der Waals surface area contributed by atoms with Gasteiger partial charge in [-0.15, -0.1) is 11.3 Å². The summed E-state index contributed by atoms with van der Waals surface area (Å²) in [5.74, 6) is -0.200. The first-order valence-electron chi connectivity index (χ1n) is 8.79. The van der Waals surface area contributed by atoms with Crippen molar-refractivity contribution in [3.8, 4) is 6.07 Å². The summed E-state index contributed by atoms with van der Waals surface area (Å²) in [6, 6.07) is 21.2. The molecule has 0 aliphatic carbocycles. The number of rotatable bonds is 6. The number of para-hydroxylation sites is 1. The van der Waals surface area contributed by atoms with Crippen molar-refractivity contribution in [1.82, 2.24) is 15.0 Å². The number of aliphatic hydroxyl groups is 1. The molecule has 6 nitrogen and oxygen atoms in total. The maximum atomic E-state index is 10.3. The summed E-state index contributed by atoms with van der Waals surface area (Å²) in [6.07, 6.45) is 0.932. The van der Waals surface area contributed by atoms with Gasteiger partial charge in [0.2, 0.25) is 5.95 Å². The zero-order valence-electron chi connectivity index (χ0n) is 14.9. The van der Waals surface area contributed by atoms with Crippen LogP contribution in [0.4, 0.5) is 5.95 Å². The summed E-state index contributed by atoms with van der Waals surface area (Å²) in [6.45, 7) is 0.270. The Labute approximate surface area is 166 Å². The summed E-state index contributed by atoms with van der Waals surface area (Å²) in [7, 11) is 0. The zero-order valence-corrected chi connectivity index (χ0v) is 15.7. The molecule has 0 amide bonds. The maximum Gasteiger partial charge on any atom is 0.223 e. The van der Waals surface area contributed by atoms with E-state index < -0.39 is 12.0 Å². The fourth-order valence-electron chi connectivity index (χ4n) is 2.86. The number of hydrogen-bond donors (Lipinski definition) is 2. The van der Waals surface area contributed by atoms with Gasteiger partial charge in [0.25, 0.3) is 0 Å². The smallest absolute Gasteiger partial charge is 0.223 e. The highest BCUT2D eigenvalue weighted by Gasteiger charge is 2.20. The van der Waals surface area contributed by atoms with E-state index in [4.69, 9.17) is 0 Å².